The fraction of sp³-hybridized carbons (Fsp3) is 0.0278. The van der Waals surface area contributed by atoms with Gasteiger partial charge in [-0.2, -0.15) is 0 Å². The zero-order valence-electron chi connectivity index (χ0n) is 50.1. The molecule has 0 radical (unpaired) electrons. The first-order valence-corrected chi connectivity index (χ1v) is 43.5. The van der Waals surface area contributed by atoms with Crippen LogP contribution in [0.2, 0.25) is 0 Å². The largest absolute Gasteiger partial charge is 0.307 e. The minimum absolute atomic E-state index is 0.0555. The molecule has 0 amide bonds. The Morgan fingerprint density at radius 2 is 0.619 bits per heavy atom. The van der Waals surface area contributed by atoms with E-state index in [1.807, 2.05) is 102 Å². The Morgan fingerprint density at radius 3 is 0.928 bits per heavy atom. The normalized spacial score (nSPS) is 11.2. The maximum Gasteiger partial charge on any atom is 0.0985 e. The van der Waals surface area contributed by atoms with Crippen LogP contribution in [-0.2, 0) is 22.3 Å². The Hall–Kier alpha value is -7.20. The third kappa shape index (κ3) is 16.8. The summed E-state index contributed by atoms with van der Waals surface area (Å²) in [4.78, 5) is 57.0. The summed E-state index contributed by atoms with van der Waals surface area (Å²) in [5.41, 5.74) is 19.2. The van der Waals surface area contributed by atoms with Crippen molar-refractivity contribution in [3.63, 3.8) is 0 Å². The van der Waals surface area contributed by atoms with E-state index in [4.69, 9.17) is 76.3 Å². The van der Waals surface area contributed by atoms with Crippen LogP contribution in [0, 0.1) is 0 Å². The molecule has 25 heteroatoms. The second-order valence-corrected chi connectivity index (χ2v) is 37.2. The molecule has 0 aliphatic heterocycles. The zero-order valence-corrected chi connectivity index (χ0v) is 61.8. The fourth-order valence-corrected chi connectivity index (χ4v) is 15.2. The van der Waals surface area contributed by atoms with Crippen LogP contribution >= 0.6 is 129 Å². The van der Waals surface area contributed by atoms with E-state index in [-0.39, 0.29) is 11.6 Å². The molecule has 14 heterocycles. The number of aromatic nitrogens is 8. The molecular weight excluding hydrogens is 1540 g/mol. The molecule has 2 N–H and O–H groups in total. The smallest absolute Gasteiger partial charge is 0.0985 e. The predicted octanol–water partition coefficient (Wildman–Crippen LogP) is 24.2. The summed E-state index contributed by atoms with van der Waals surface area (Å²) in [5, 5.41) is 18.6. The van der Waals surface area contributed by atoms with Crippen molar-refractivity contribution in [1.82, 2.24) is 39.0 Å². The third-order valence-corrected chi connectivity index (χ3v) is 20.3. The molecule has 0 aliphatic rings. The molecule has 11 nitrogen and oxygen atoms in total. The number of nitrogens with zero attached hydrogens (tertiary/aromatic N) is 8. The number of Topliss-reactive ketones (excluding diaryl/α,β-unsaturated/α-hetero) is 2. The third-order valence-electron chi connectivity index (χ3n) is 14.9. The van der Waals surface area contributed by atoms with Crippen LogP contribution in [0.3, 0.4) is 0 Å². The molecule has 97 heavy (non-hydrogen) atoms. The molecule has 0 aliphatic carbocycles. The number of ketones is 2. The summed E-state index contributed by atoms with van der Waals surface area (Å²) in [7, 11) is 29.3. The quantitative estimate of drug-likeness (QED) is 0.0578. The van der Waals surface area contributed by atoms with Gasteiger partial charge in [-0.1, -0.05) is 54.6 Å². The van der Waals surface area contributed by atoms with Gasteiger partial charge in [0.25, 0.3) is 0 Å². The number of pyridine rings is 6. The van der Waals surface area contributed by atoms with E-state index in [1.165, 1.54) is 65.0 Å². The summed E-state index contributed by atoms with van der Waals surface area (Å²) >= 11 is 7.21. The monoisotopic (exact) mass is 1580 g/mol. The number of hydrogen-bond acceptors (Lipinski definition) is 15. The molecule has 3 aromatic carbocycles. The first-order valence-electron chi connectivity index (χ1n) is 29.1. The van der Waals surface area contributed by atoms with E-state index in [1.54, 1.807) is 69.9 Å². The molecular formula is C72H49Cl6Fe2N9O2S6. The van der Waals surface area contributed by atoms with Crippen LogP contribution in [0.1, 0.15) is 32.2 Å². The summed E-state index contributed by atoms with van der Waals surface area (Å²) in [6, 6.07) is 63.9. The van der Waals surface area contributed by atoms with Crippen molar-refractivity contribution in [1.29, 1.82) is 0 Å². The minimum atomic E-state index is -1.33. The topological polar surface area (TPSA) is 147 Å². The van der Waals surface area contributed by atoms with E-state index in [0.29, 0.717) is 12.8 Å². The number of hydrogen-bond donors (Lipinski definition) is 1. The molecule has 0 atom stereocenters. The molecule has 0 fully saturated rings. The molecule has 0 saturated heterocycles. The van der Waals surface area contributed by atoms with Gasteiger partial charge < -0.3 is 14.9 Å². The number of carbonyl (C=O) groups excluding carboxylic acids is 2. The second-order valence-electron chi connectivity index (χ2n) is 20.6. The number of nitrogens with two attached hydrogens (primary N) is 1. The van der Waals surface area contributed by atoms with Gasteiger partial charge in [0.05, 0.1) is 96.5 Å². The second kappa shape index (κ2) is 33.6. The molecule has 14 aromatic heterocycles. The number of benzene rings is 3. The van der Waals surface area contributed by atoms with E-state index in [2.05, 4.69) is 160 Å². The Bertz CT molecular complexity index is 5040. The van der Waals surface area contributed by atoms with Crippen molar-refractivity contribution < 1.29 is 31.9 Å². The van der Waals surface area contributed by atoms with Gasteiger partial charge in [-0.15, -0.1) is 68.0 Å². The van der Waals surface area contributed by atoms with Crippen LogP contribution in [0.25, 0.3) is 119 Å². The van der Waals surface area contributed by atoms with Crippen LogP contribution < -0.4 is 5.73 Å². The van der Waals surface area contributed by atoms with Gasteiger partial charge in [0, 0.05) is 88.0 Å². The number of anilines is 1. The van der Waals surface area contributed by atoms with Crippen LogP contribution in [-0.4, -0.2) is 50.6 Å². The molecule has 0 unspecified atom stereocenters. The summed E-state index contributed by atoms with van der Waals surface area (Å²) < 4.78 is 4.74. The summed E-state index contributed by atoms with van der Waals surface area (Å²) in [6.45, 7) is 0. The number of carbonyl (C=O) groups is 2. The average molecular weight is 1590 g/mol. The number of thiophene rings is 6. The van der Waals surface area contributed by atoms with Crippen molar-refractivity contribution in [3.8, 4) is 53.7 Å². The van der Waals surface area contributed by atoms with Gasteiger partial charge in [0.15, 0.2) is 11.6 Å². The minimum Gasteiger partial charge on any atom is -0.307 e. The van der Waals surface area contributed by atoms with Crippen LogP contribution in [0.15, 0.2) is 258 Å². The molecule has 0 bridgehead atoms. The molecule has 0 spiro atoms. The van der Waals surface area contributed by atoms with Gasteiger partial charge in [-0.3, -0.25) is 39.5 Å². The molecule has 17 aromatic rings. The van der Waals surface area contributed by atoms with Gasteiger partial charge >= 0.3 is 82.9 Å². The molecule has 17 rings (SSSR count). The van der Waals surface area contributed by atoms with Gasteiger partial charge in [-0.05, 0) is 166 Å². The molecule has 488 valence electrons. The summed E-state index contributed by atoms with van der Waals surface area (Å²) in [6.07, 6.45) is 11.5. The van der Waals surface area contributed by atoms with Crippen molar-refractivity contribution in [2.75, 3.05) is 5.73 Å². The van der Waals surface area contributed by atoms with Crippen molar-refractivity contribution in [2.45, 2.75) is 12.8 Å². The number of halogens is 6. The standard InChI is InChI=1S/2C24H15N3S2.C12H9N3.C12H10O2S2.6ClH.2Fe/c2*1-5-16-15-20(17-6-2-12-26-24(17)23(16)25-11-1)27-18(21-7-3-13-28-21)9-10-19(27)22-8-4-14-29-22;13-10-7-8-3-1-5-14-11(8)12-9(10)4-2-6-15-12;13-9(11-3-1-7-15-11)5-6-10(14)12-4-2-8-16-12;;;;;;;;/h2*1-15H;1-7H,13H2;1-4,7-8H,5-6H2;6*1H;;/q;;;;;;;;;;2*+3/p-6. The Morgan fingerprint density at radius 1 is 0.340 bits per heavy atom. The maximum absolute atomic E-state index is 11.6. The Balaban J connectivity index is 0.000000123. The van der Waals surface area contributed by atoms with E-state index < -0.39 is 22.3 Å². The van der Waals surface area contributed by atoms with Gasteiger partial charge in [-0.25, -0.2) is 0 Å². The van der Waals surface area contributed by atoms with E-state index >= 15 is 0 Å². The Labute approximate surface area is 615 Å². The number of rotatable bonds is 11. The maximum atomic E-state index is 11.6. The first-order chi connectivity index (χ1) is 47.4. The van der Waals surface area contributed by atoms with Crippen molar-refractivity contribution in [2.24, 2.45) is 0 Å². The Kier molecular flexibility index (Phi) is 24.1. The SMILES string of the molecule is Nc1cc2cccnc2c2ncccc12.O=C(CCC(=O)c1cccs1)c1cccs1.[Cl][Fe]([Cl])[Cl].[Cl][Fe]([Cl])[Cl].c1csc(-c2ccc(-c3cccs3)n2-c2cc3cccnc3c3ncccc23)c1.c1csc(-c2ccc(-c3cccs3)n2-c2cc3cccnc3c3ncccc23)c1. The van der Waals surface area contributed by atoms with Crippen molar-refractivity contribution >= 4 is 211 Å². The van der Waals surface area contributed by atoms with Crippen LogP contribution in [0.4, 0.5) is 5.69 Å². The number of nitrogen functional groups attached to an aromatic ring is 1. The summed E-state index contributed by atoms with van der Waals surface area (Å²) in [5.74, 6) is 0.111. The number of fused-ring (bicyclic) bond motifs is 9. The van der Waals surface area contributed by atoms with Gasteiger partial charge in [0.1, 0.15) is 0 Å². The van der Waals surface area contributed by atoms with E-state index in [9.17, 15) is 9.59 Å². The van der Waals surface area contributed by atoms with E-state index in [0.717, 1.165) is 92.2 Å². The predicted molar refractivity (Wildman–Crippen MR) is 409 cm³/mol. The molecule has 0 saturated carbocycles. The van der Waals surface area contributed by atoms with Crippen LogP contribution in [0.5, 0.6) is 0 Å². The first kappa shape index (κ1) is 69.7. The van der Waals surface area contributed by atoms with Crippen molar-refractivity contribution in [3.05, 3.63) is 267 Å². The average Bonchev–Trinajstić information content (AvgIpc) is 1.70. The fourth-order valence-electron chi connectivity index (χ4n) is 10.9. The van der Waals surface area contributed by atoms with Gasteiger partial charge in [0.2, 0.25) is 0 Å². The zero-order chi connectivity index (χ0) is 67.2.